The molecule has 4 heterocycles. The van der Waals surface area contributed by atoms with Crippen LogP contribution in [-0.2, 0) is 0 Å². The lowest BCUT2D eigenvalue weighted by Gasteiger charge is -2.27. The zero-order valence-corrected chi connectivity index (χ0v) is 17.5. The summed E-state index contributed by atoms with van der Waals surface area (Å²) < 4.78 is 29.8. The molecule has 1 aliphatic heterocycles. The van der Waals surface area contributed by atoms with Crippen LogP contribution >= 0.6 is 11.3 Å². The minimum absolute atomic E-state index is 0.267. The SMILES string of the molecule is Cc1csc(NC(=O)c2cnn3ccc(N4CCC[C@@H]4c4cc(F)ccc4F)cc23)n1. The van der Waals surface area contributed by atoms with Gasteiger partial charge in [0.2, 0.25) is 0 Å². The number of carbonyl (C=O) groups excluding carboxylic acids is 1. The molecule has 1 N–H and O–H groups in total. The van der Waals surface area contributed by atoms with Crippen molar-refractivity contribution in [3.05, 3.63) is 76.6 Å². The maximum Gasteiger partial charge on any atom is 0.261 e. The zero-order chi connectivity index (χ0) is 21.5. The predicted octanol–water partition coefficient (Wildman–Crippen LogP) is 4.97. The topological polar surface area (TPSA) is 62.5 Å². The fourth-order valence-electron chi connectivity index (χ4n) is 4.07. The van der Waals surface area contributed by atoms with Gasteiger partial charge in [-0.25, -0.2) is 18.3 Å². The molecule has 1 fully saturated rings. The van der Waals surface area contributed by atoms with Crippen molar-refractivity contribution in [3.8, 4) is 0 Å². The minimum Gasteiger partial charge on any atom is -0.364 e. The number of amides is 1. The van der Waals surface area contributed by atoms with E-state index >= 15 is 0 Å². The van der Waals surface area contributed by atoms with Gasteiger partial charge >= 0.3 is 0 Å². The largest absolute Gasteiger partial charge is 0.364 e. The molecule has 1 aliphatic rings. The molecule has 5 rings (SSSR count). The monoisotopic (exact) mass is 439 g/mol. The van der Waals surface area contributed by atoms with Gasteiger partial charge in [0.1, 0.15) is 11.6 Å². The fraction of sp³-hybridized carbons (Fsp3) is 0.227. The normalized spacial score (nSPS) is 16.2. The van der Waals surface area contributed by atoms with Gasteiger partial charge in [0.15, 0.2) is 5.13 Å². The van der Waals surface area contributed by atoms with Gasteiger partial charge in [-0.2, -0.15) is 5.10 Å². The molecule has 3 aromatic heterocycles. The molecule has 0 unspecified atom stereocenters. The average Bonchev–Trinajstić information content (AvgIpc) is 3.48. The second-order valence-corrected chi connectivity index (χ2v) is 8.40. The third kappa shape index (κ3) is 3.65. The standard InChI is InChI=1S/C22H19F2N5OS/c1-13-12-31-22(26-13)27-21(30)17-11-25-29-8-6-15(10-20(17)29)28-7-2-3-19(28)16-9-14(23)4-5-18(16)24/h4-6,8-12,19H,2-3,7H2,1H3,(H,26,27,30)/t19-/m1/s1. The second-order valence-electron chi connectivity index (χ2n) is 7.54. The van der Waals surface area contributed by atoms with E-state index in [0.717, 1.165) is 30.3 Å². The zero-order valence-electron chi connectivity index (χ0n) is 16.7. The van der Waals surface area contributed by atoms with Gasteiger partial charge in [-0.15, -0.1) is 11.3 Å². The number of nitrogens with one attached hydrogen (secondary N) is 1. The number of fused-ring (bicyclic) bond motifs is 1. The van der Waals surface area contributed by atoms with Crippen LogP contribution in [0.3, 0.4) is 0 Å². The molecule has 0 spiro atoms. The van der Waals surface area contributed by atoms with Crippen molar-refractivity contribution in [3.63, 3.8) is 0 Å². The van der Waals surface area contributed by atoms with Crippen LogP contribution in [0.25, 0.3) is 5.52 Å². The Balaban J connectivity index is 1.48. The summed E-state index contributed by atoms with van der Waals surface area (Å²) >= 11 is 1.36. The Kier molecular flexibility index (Phi) is 4.90. The van der Waals surface area contributed by atoms with E-state index in [1.165, 1.54) is 29.7 Å². The number of hydrogen-bond donors (Lipinski definition) is 1. The van der Waals surface area contributed by atoms with E-state index in [1.54, 1.807) is 10.7 Å². The first-order valence-electron chi connectivity index (χ1n) is 9.92. The highest BCUT2D eigenvalue weighted by molar-refractivity contribution is 7.13. The first kappa shape index (κ1) is 19.6. The smallest absolute Gasteiger partial charge is 0.261 e. The van der Waals surface area contributed by atoms with Gasteiger partial charge in [0.25, 0.3) is 5.91 Å². The number of aromatic nitrogens is 3. The number of aryl methyl sites for hydroxylation is 1. The Morgan fingerprint density at radius 2 is 2.13 bits per heavy atom. The number of halogens is 2. The van der Waals surface area contributed by atoms with E-state index in [2.05, 4.69) is 20.3 Å². The van der Waals surface area contributed by atoms with Crippen molar-refractivity contribution in [2.45, 2.75) is 25.8 Å². The minimum atomic E-state index is -0.453. The quantitative estimate of drug-likeness (QED) is 0.488. The lowest BCUT2D eigenvalue weighted by atomic mass is 10.0. The van der Waals surface area contributed by atoms with Crippen LogP contribution in [0.1, 0.15) is 40.5 Å². The summed E-state index contributed by atoms with van der Waals surface area (Å²) in [7, 11) is 0. The molecule has 1 aromatic carbocycles. The summed E-state index contributed by atoms with van der Waals surface area (Å²) in [4.78, 5) is 19.1. The number of nitrogens with zero attached hydrogens (tertiary/aromatic N) is 4. The van der Waals surface area contributed by atoms with Gasteiger partial charge < -0.3 is 4.90 Å². The Morgan fingerprint density at radius 1 is 1.26 bits per heavy atom. The van der Waals surface area contributed by atoms with E-state index in [-0.39, 0.29) is 11.9 Å². The highest BCUT2D eigenvalue weighted by Crippen LogP contribution is 2.38. The third-order valence-electron chi connectivity index (χ3n) is 5.49. The highest BCUT2D eigenvalue weighted by atomic mass is 32.1. The summed E-state index contributed by atoms with van der Waals surface area (Å²) in [6.07, 6.45) is 4.87. The fourth-order valence-corrected chi connectivity index (χ4v) is 4.75. The molecule has 0 aliphatic carbocycles. The molecule has 6 nitrogen and oxygen atoms in total. The van der Waals surface area contributed by atoms with E-state index in [0.29, 0.717) is 28.3 Å². The molecule has 0 saturated carbocycles. The van der Waals surface area contributed by atoms with Crippen LogP contribution in [0.4, 0.5) is 19.6 Å². The Morgan fingerprint density at radius 3 is 2.94 bits per heavy atom. The van der Waals surface area contributed by atoms with Gasteiger partial charge in [-0.1, -0.05) is 0 Å². The summed E-state index contributed by atoms with van der Waals surface area (Å²) in [6, 6.07) is 7.04. The summed E-state index contributed by atoms with van der Waals surface area (Å²) in [6.45, 7) is 2.58. The summed E-state index contributed by atoms with van der Waals surface area (Å²) in [5.41, 5.74) is 3.07. The highest BCUT2D eigenvalue weighted by Gasteiger charge is 2.29. The average molecular weight is 439 g/mol. The molecule has 4 aromatic rings. The molecule has 9 heteroatoms. The van der Waals surface area contributed by atoms with E-state index in [4.69, 9.17) is 0 Å². The van der Waals surface area contributed by atoms with Gasteiger partial charge in [0, 0.05) is 29.4 Å². The maximum atomic E-state index is 14.4. The van der Waals surface area contributed by atoms with Crippen molar-refractivity contribution in [1.82, 2.24) is 14.6 Å². The van der Waals surface area contributed by atoms with Gasteiger partial charge in [-0.05, 0) is 50.1 Å². The molecular formula is C22H19F2N5OS. The van der Waals surface area contributed by atoms with Crippen LogP contribution in [0.2, 0.25) is 0 Å². The number of rotatable bonds is 4. The number of carbonyl (C=O) groups is 1. The first-order valence-corrected chi connectivity index (χ1v) is 10.8. The molecule has 1 saturated heterocycles. The Labute approximate surface area is 181 Å². The van der Waals surface area contributed by atoms with Crippen molar-refractivity contribution in [1.29, 1.82) is 0 Å². The van der Waals surface area contributed by atoms with E-state index in [1.807, 2.05) is 24.4 Å². The number of hydrogen-bond acceptors (Lipinski definition) is 5. The van der Waals surface area contributed by atoms with E-state index < -0.39 is 11.6 Å². The van der Waals surface area contributed by atoms with Crippen LogP contribution in [-0.4, -0.2) is 27.0 Å². The van der Waals surface area contributed by atoms with Crippen molar-refractivity contribution >= 4 is 33.6 Å². The lowest BCUT2D eigenvalue weighted by molar-refractivity contribution is 0.102. The van der Waals surface area contributed by atoms with Crippen LogP contribution in [0, 0.1) is 18.6 Å². The maximum absolute atomic E-state index is 14.4. The number of benzene rings is 1. The summed E-state index contributed by atoms with van der Waals surface area (Å²) in [5.74, 6) is -1.16. The number of pyridine rings is 1. The van der Waals surface area contributed by atoms with Crippen LogP contribution < -0.4 is 10.2 Å². The molecule has 0 radical (unpaired) electrons. The van der Waals surface area contributed by atoms with Gasteiger partial charge in [0.05, 0.1) is 29.0 Å². The number of thiazole rings is 1. The summed E-state index contributed by atoms with van der Waals surface area (Å²) in [5, 5.41) is 9.46. The lowest BCUT2D eigenvalue weighted by Crippen LogP contribution is -2.23. The van der Waals surface area contributed by atoms with Crippen molar-refractivity contribution in [2.75, 3.05) is 16.8 Å². The van der Waals surface area contributed by atoms with Crippen molar-refractivity contribution < 1.29 is 13.6 Å². The molecule has 1 atom stereocenters. The Bertz CT molecular complexity index is 1280. The number of anilines is 2. The molecule has 0 bridgehead atoms. The van der Waals surface area contributed by atoms with Crippen LogP contribution in [0.15, 0.2) is 48.1 Å². The molecular weight excluding hydrogens is 420 g/mol. The molecule has 158 valence electrons. The van der Waals surface area contributed by atoms with E-state index in [9.17, 15) is 13.6 Å². The first-order chi connectivity index (χ1) is 15.0. The predicted molar refractivity (Wildman–Crippen MR) is 116 cm³/mol. The Hall–Kier alpha value is -3.33. The van der Waals surface area contributed by atoms with Gasteiger partial charge in [-0.3, -0.25) is 10.1 Å². The molecule has 1 amide bonds. The van der Waals surface area contributed by atoms with Crippen molar-refractivity contribution in [2.24, 2.45) is 0 Å². The second kappa shape index (κ2) is 7.73. The third-order valence-corrected chi connectivity index (χ3v) is 6.37. The van der Waals surface area contributed by atoms with Crippen LogP contribution in [0.5, 0.6) is 0 Å². The molecule has 31 heavy (non-hydrogen) atoms.